The molecule has 2 aromatic heterocycles. The SMILES string of the molecule is COC(=O)c1ccnc(-n2cccn2)c1. The zero-order valence-corrected chi connectivity index (χ0v) is 8.12. The van der Waals surface area contributed by atoms with Crippen molar-refractivity contribution in [1.29, 1.82) is 0 Å². The molecule has 0 unspecified atom stereocenters. The zero-order valence-electron chi connectivity index (χ0n) is 8.12. The van der Waals surface area contributed by atoms with E-state index in [0.717, 1.165) is 0 Å². The van der Waals surface area contributed by atoms with Gasteiger partial charge in [-0.25, -0.2) is 14.5 Å². The molecule has 0 bridgehead atoms. The third kappa shape index (κ3) is 1.85. The van der Waals surface area contributed by atoms with Crippen LogP contribution in [0.1, 0.15) is 10.4 Å². The molecule has 0 aromatic carbocycles. The summed E-state index contributed by atoms with van der Waals surface area (Å²) in [6.45, 7) is 0. The minimum Gasteiger partial charge on any atom is -0.465 e. The Morgan fingerprint density at radius 3 is 3.00 bits per heavy atom. The van der Waals surface area contributed by atoms with E-state index in [1.54, 1.807) is 41.5 Å². The van der Waals surface area contributed by atoms with E-state index in [1.807, 2.05) is 0 Å². The maximum atomic E-state index is 11.3. The third-order valence-electron chi connectivity index (χ3n) is 1.91. The zero-order chi connectivity index (χ0) is 10.7. The van der Waals surface area contributed by atoms with Crippen molar-refractivity contribution in [3.8, 4) is 5.82 Å². The normalized spacial score (nSPS) is 9.93. The van der Waals surface area contributed by atoms with Gasteiger partial charge < -0.3 is 4.74 Å². The molecule has 0 aliphatic heterocycles. The van der Waals surface area contributed by atoms with Crippen LogP contribution in [0, 0.1) is 0 Å². The number of carbonyl (C=O) groups excluding carboxylic acids is 1. The van der Waals surface area contributed by atoms with Crippen LogP contribution < -0.4 is 0 Å². The molecule has 2 rings (SSSR count). The lowest BCUT2D eigenvalue weighted by Gasteiger charge is -2.02. The second-order valence-electron chi connectivity index (χ2n) is 2.84. The van der Waals surface area contributed by atoms with Crippen molar-refractivity contribution < 1.29 is 9.53 Å². The molecule has 0 saturated carbocycles. The van der Waals surface area contributed by atoms with Gasteiger partial charge in [-0.2, -0.15) is 5.10 Å². The van der Waals surface area contributed by atoms with Crippen LogP contribution in [0.5, 0.6) is 0 Å². The number of nitrogens with zero attached hydrogens (tertiary/aromatic N) is 3. The van der Waals surface area contributed by atoms with Crippen LogP contribution in [0.25, 0.3) is 5.82 Å². The van der Waals surface area contributed by atoms with Gasteiger partial charge in [-0.3, -0.25) is 0 Å². The van der Waals surface area contributed by atoms with Gasteiger partial charge in [-0.05, 0) is 18.2 Å². The topological polar surface area (TPSA) is 57.0 Å². The molecule has 2 heterocycles. The van der Waals surface area contributed by atoms with Gasteiger partial charge in [0.1, 0.15) is 0 Å². The predicted molar refractivity (Wildman–Crippen MR) is 52.7 cm³/mol. The fourth-order valence-corrected chi connectivity index (χ4v) is 1.19. The lowest BCUT2D eigenvalue weighted by Crippen LogP contribution is -2.04. The fourth-order valence-electron chi connectivity index (χ4n) is 1.19. The summed E-state index contributed by atoms with van der Waals surface area (Å²) in [4.78, 5) is 15.3. The summed E-state index contributed by atoms with van der Waals surface area (Å²) in [6, 6.07) is 5.00. The molecule has 0 N–H and O–H groups in total. The summed E-state index contributed by atoms with van der Waals surface area (Å²) in [5.41, 5.74) is 0.456. The largest absolute Gasteiger partial charge is 0.465 e. The van der Waals surface area contributed by atoms with Crippen molar-refractivity contribution in [2.24, 2.45) is 0 Å². The molecule has 0 aliphatic carbocycles. The molecule has 0 radical (unpaired) electrons. The minimum atomic E-state index is -0.384. The summed E-state index contributed by atoms with van der Waals surface area (Å²) in [5, 5.41) is 4.01. The smallest absolute Gasteiger partial charge is 0.338 e. The van der Waals surface area contributed by atoms with Gasteiger partial charge in [0.2, 0.25) is 0 Å². The lowest BCUT2D eigenvalue weighted by atomic mass is 10.2. The molecule has 0 spiro atoms. The van der Waals surface area contributed by atoms with E-state index in [-0.39, 0.29) is 5.97 Å². The van der Waals surface area contributed by atoms with Crippen LogP contribution in [-0.4, -0.2) is 27.8 Å². The summed E-state index contributed by atoms with van der Waals surface area (Å²) in [6.07, 6.45) is 4.94. The van der Waals surface area contributed by atoms with Crippen molar-refractivity contribution in [1.82, 2.24) is 14.8 Å². The van der Waals surface area contributed by atoms with Crippen molar-refractivity contribution in [3.63, 3.8) is 0 Å². The summed E-state index contributed by atoms with van der Waals surface area (Å²) < 4.78 is 6.19. The molecule has 5 heteroatoms. The average Bonchev–Trinajstić information content (AvgIpc) is 2.82. The highest BCUT2D eigenvalue weighted by molar-refractivity contribution is 5.89. The molecule has 0 aliphatic rings. The quantitative estimate of drug-likeness (QED) is 0.684. The average molecular weight is 203 g/mol. The van der Waals surface area contributed by atoms with E-state index < -0.39 is 0 Å². The number of ether oxygens (including phenoxy) is 1. The first-order valence-electron chi connectivity index (χ1n) is 4.35. The molecule has 5 nitrogen and oxygen atoms in total. The first kappa shape index (κ1) is 9.39. The summed E-state index contributed by atoms with van der Waals surface area (Å²) in [7, 11) is 1.34. The van der Waals surface area contributed by atoms with E-state index >= 15 is 0 Å². The van der Waals surface area contributed by atoms with Gasteiger partial charge >= 0.3 is 5.97 Å². The van der Waals surface area contributed by atoms with E-state index in [2.05, 4.69) is 14.8 Å². The number of esters is 1. The van der Waals surface area contributed by atoms with E-state index in [9.17, 15) is 4.79 Å². The van der Waals surface area contributed by atoms with Crippen LogP contribution in [-0.2, 0) is 4.74 Å². The molecule has 0 saturated heterocycles. The molecule has 2 aromatic rings. The van der Waals surface area contributed by atoms with E-state index in [0.29, 0.717) is 11.4 Å². The Kier molecular flexibility index (Phi) is 2.45. The first-order valence-corrected chi connectivity index (χ1v) is 4.35. The number of methoxy groups -OCH3 is 1. The Bertz CT molecular complexity index is 465. The highest BCUT2D eigenvalue weighted by Crippen LogP contribution is 2.06. The van der Waals surface area contributed by atoms with Crippen LogP contribution in [0.4, 0.5) is 0 Å². The third-order valence-corrected chi connectivity index (χ3v) is 1.91. The Hall–Kier alpha value is -2.17. The standard InChI is InChI=1S/C10H9N3O2/c1-15-10(14)8-3-5-11-9(7-8)13-6-2-4-12-13/h2-7H,1H3. The van der Waals surface area contributed by atoms with Crippen molar-refractivity contribution in [2.45, 2.75) is 0 Å². The van der Waals surface area contributed by atoms with E-state index in [1.165, 1.54) is 7.11 Å². The van der Waals surface area contributed by atoms with Crippen LogP contribution in [0.3, 0.4) is 0 Å². The number of aromatic nitrogens is 3. The number of rotatable bonds is 2. The Morgan fingerprint density at radius 1 is 1.47 bits per heavy atom. The van der Waals surface area contributed by atoms with Crippen molar-refractivity contribution in [3.05, 3.63) is 42.4 Å². The van der Waals surface area contributed by atoms with Crippen LogP contribution >= 0.6 is 0 Å². The maximum Gasteiger partial charge on any atom is 0.338 e. The number of carbonyl (C=O) groups is 1. The lowest BCUT2D eigenvalue weighted by molar-refractivity contribution is 0.0600. The fraction of sp³-hybridized carbons (Fsp3) is 0.100. The number of hydrogen-bond acceptors (Lipinski definition) is 4. The van der Waals surface area contributed by atoms with Gasteiger partial charge in [-0.15, -0.1) is 0 Å². The van der Waals surface area contributed by atoms with Gasteiger partial charge in [0.25, 0.3) is 0 Å². The van der Waals surface area contributed by atoms with Crippen molar-refractivity contribution in [2.75, 3.05) is 7.11 Å². The van der Waals surface area contributed by atoms with Crippen molar-refractivity contribution >= 4 is 5.97 Å². The van der Waals surface area contributed by atoms with Gasteiger partial charge in [0, 0.05) is 18.6 Å². The molecular weight excluding hydrogens is 194 g/mol. The molecule has 0 amide bonds. The molecular formula is C10H9N3O2. The van der Waals surface area contributed by atoms with Crippen LogP contribution in [0.15, 0.2) is 36.8 Å². The molecule has 76 valence electrons. The second kappa shape index (κ2) is 3.91. The molecule has 0 fully saturated rings. The highest BCUT2D eigenvalue weighted by atomic mass is 16.5. The Morgan fingerprint density at radius 2 is 2.33 bits per heavy atom. The highest BCUT2D eigenvalue weighted by Gasteiger charge is 2.07. The molecule has 0 atom stereocenters. The minimum absolute atomic E-state index is 0.384. The maximum absolute atomic E-state index is 11.3. The molecule has 15 heavy (non-hydrogen) atoms. The summed E-state index contributed by atoms with van der Waals surface area (Å²) in [5.74, 6) is 0.203. The van der Waals surface area contributed by atoms with Gasteiger partial charge in [-0.1, -0.05) is 0 Å². The van der Waals surface area contributed by atoms with E-state index in [4.69, 9.17) is 0 Å². The van der Waals surface area contributed by atoms with Gasteiger partial charge in [0.05, 0.1) is 12.7 Å². The van der Waals surface area contributed by atoms with Crippen LogP contribution in [0.2, 0.25) is 0 Å². The number of pyridine rings is 1. The Labute approximate surface area is 86.3 Å². The Balaban J connectivity index is 2.39. The second-order valence-corrected chi connectivity index (χ2v) is 2.84. The predicted octanol–water partition coefficient (Wildman–Crippen LogP) is 1.05. The number of hydrogen-bond donors (Lipinski definition) is 0. The summed E-state index contributed by atoms with van der Waals surface area (Å²) >= 11 is 0. The van der Waals surface area contributed by atoms with Gasteiger partial charge in [0.15, 0.2) is 5.82 Å². The first-order chi connectivity index (χ1) is 7.31. The monoisotopic (exact) mass is 203 g/mol.